The molecule has 1 heterocycles. The number of urea groups is 1. The molecule has 0 saturated heterocycles. The number of carbonyl (C=O) groups excluding carboxylic acids is 1. The van der Waals surface area contributed by atoms with Crippen LogP contribution in [0.3, 0.4) is 0 Å². The molecule has 0 unspecified atom stereocenters. The molecule has 134 valence electrons. The third-order valence-corrected chi connectivity index (χ3v) is 3.59. The van der Waals surface area contributed by atoms with Gasteiger partial charge >= 0.3 is 6.03 Å². The van der Waals surface area contributed by atoms with Crippen LogP contribution in [0.5, 0.6) is 11.5 Å². The van der Waals surface area contributed by atoms with E-state index in [0.717, 1.165) is 5.69 Å². The highest BCUT2D eigenvalue weighted by atomic mass is 16.5. The Kier molecular flexibility index (Phi) is 5.72. The smallest absolute Gasteiger partial charge is 0.319 e. The van der Waals surface area contributed by atoms with E-state index >= 15 is 0 Å². The Balaban J connectivity index is 1.47. The first-order chi connectivity index (χ1) is 12.8. The molecule has 7 heteroatoms. The summed E-state index contributed by atoms with van der Waals surface area (Å²) in [5, 5.41) is 9.72. The summed E-state index contributed by atoms with van der Waals surface area (Å²) in [4.78, 5) is 12.0. The molecular formula is C19H20N4O3. The van der Waals surface area contributed by atoms with Crippen molar-refractivity contribution in [1.82, 2.24) is 15.1 Å². The second-order valence-corrected chi connectivity index (χ2v) is 5.38. The van der Waals surface area contributed by atoms with Crippen molar-refractivity contribution in [3.8, 4) is 17.2 Å². The van der Waals surface area contributed by atoms with E-state index in [4.69, 9.17) is 9.47 Å². The van der Waals surface area contributed by atoms with Gasteiger partial charge in [0, 0.05) is 18.1 Å². The van der Waals surface area contributed by atoms with Crippen LogP contribution in [0.4, 0.5) is 10.5 Å². The average molecular weight is 352 g/mol. The van der Waals surface area contributed by atoms with Gasteiger partial charge in [0.25, 0.3) is 0 Å². The van der Waals surface area contributed by atoms with Crippen molar-refractivity contribution in [2.45, 2.75) is 0 Å². The molecule has 0 bridgehead atoms. The maximum Gasteiger partial charge on any atom is 0.319 e. The van der Waals surface area contributed by atoms with E-state index in [1.165, 1.54) is 0 Å². The zero-order chi connectivity index (χ0) is 18.2. The maximum absolute atomic E-state index is 12.0. The van der Waals surface area contributed by atoms with Crippen molar-refractivity contribution in [2.24, 2.45) is 0 Å². The number of rotatable bonds is 7. The maximum atomic E-state index is 12.0. The van der Waals surface area contributed by atoms with Gasteiger partial charge in [-0.05, 0) is 36.4 Å². The number of benzene rings is 2. The number of aromatic nitrogens is 2. The number of nitrogens with one attached hydrogen (secondary N) is 2. The Morgan fingerprint density at radius 1 is 1.12 bits per heavy atom. The molecule has 0 saturated carbocycles. The highest BCUT2D eigenvalue weighted by Gasteiger charge is 2.05. The summed E-state index contributed by atoms with van der Waals surface area (Å²) in [5.41, 5.74) is 1.55. The molecule has 3 rings (SSSR count). The Bertz CT molecular complexity index is 850. The van der Waals surface area contributed by atoms with Gasteiger partial charge in [0.15, 0.2) is 11.5 Å². The zero-order valence-electron chi connectivity index (χ0n) is 14.4. The number of para-hydroxylation sites is 2. The summed E-state index contributed by atoms with van der Waals surface area (Å²) in [7, 11) is 1.59. The number of hydrogen-bond acceptors (Lipinski definition) is 4. The minimum atomic E-state index is -0.300. The number of ether oxygens (including phenoxy) is 2. The predicted molar refractivity (Wildman–Crippen MR) is 99.1 cm³/mol. The Labute approximate surface area is 151 Å². The van der Waals surface area contributed by atoms with Gasteiger partial charge in [-0.3, -0.25) is 0 Å². The number of hydrogen-bond donors (Lipinski definition) is 2. The molecule has 0 radical (unpaired) electrons. The van der Waals surface area contributed by atoms with E-state index in [-0.39, 0.29) is 6.03 Å². The molecule has 0 aliphatic carbocycles. The van der Waals surface area contributed by atoms with Crippen LogP contribution in [0.2, 0.25) is 0 Å². The molecule has 2 N–H and O–H groups in total. The molecule has 2 amide bonds. The summed E-state index contributed by atoms with van der Waals surface area (Å²) in [5.74, 6) is 1.30. The van der Waals surface area contributed by atoms with E-state index in [9.17, 15) is 4.79 Å². The van der Waals surface area contributed by atoms with Crippen molar-refractivity contribution >= 4 is 11.7 Å². The Hall–Kier alpha value is -3.48. The fourth-order valence-electron chi connectivity index (χ4n) is 2.39. The molecule has 0 aliphatic heterocycles. The minimum absolute atomic E-state index is 0.300. The first-order valence-corrected chi connectivity index (χ1v) is 8.17. The number of methoxy groups -OCH3 is 1. The molecular weight excluding hydrogens is 332 g/mol. The fraction of sp³-hybridized carbons (Fsp3) is 0.158. The van der Waals surface area contributed by atoms with Crippen molar-refractivity contribution in [2.75, 3.05) is 25.6 Å². The minimum Gasteiger partial charge on any atom is -0.493 e. The standard InChI is InChI=1S/C19H20N4O3/c1-25-17-8-2-3-9-18(17)26-13-11-20-19(24)22-15-6-4-7-16(14-15)23-12-5-10-21-23/h2-10,12,14H,11,13H2,1H3,(H2,20,22,24). The molecule has 0 aliphatic rings. The fourth-order valence-corrected chi connectivity index (χ4v) is 2.39. The lowest BCUT2D eigenvalue weighted by molar-refractivity contribution is 0.246. The second-order valence-electron chi connectivity index (χ2n) is 5.38. The van der Waals surface area contributed by atoms with Crippen LogP contribution in [-0.4, -0.2) is 36.1 Å². The van der Waals surface area contributed by atoms with Crippen molar-refractivity contribution in [1.29, 1.82) is 0 Å². The third-order valence-electron chi connectivity index (χ3n) is 3.59. The summed E-state index contributed by atoms with van der Waals surface area (Å²) >= 11 is 0. The van der Waals surface area contributed by atoms with Crippen molar-refractivity contribution in [3.05, 3.63) is 67.0 Å². The molecule has 3 aromatic rings. The monoisotopic (exact) mass is 352 g/mol. The highest BCUT2D eigenvalue weighted by molar-refractivity contribution is 5.89. The molecule has 1 aromatic heterocycles. The lowest BCUT2D eigenvalue weighted by atomic mass is 10.3. The summed E-state index contributed by atoms with van der Waals surface area (Å²) in [6, 6.07) is 16.4. The van der Waals surface area contributed by atoms with Crippen molar-refractivity contribution in [3.63, 3.8) is 0 Å². The van der Waals surface area contributed by atoms with Crippen LogP contribution in [0.25, 0.3) is 5.69 Å². The predicted octanol–water partition coefficient (Wildman–Crippen LogP) is 3.08. The van der Waals surface area contributed by atoms with Crippen LogP contribution >= 0.6 is 0 Å². The van der Waals surface area contributed by atoms with Crippen LogP contribution in [0.15, 0.2) is 67.0 Å². The van der Waals surface area contributed by atoms with Gasteiger partial charge in [0.05, 0.1) is 19.3 Å². The van der Waals surface area contributed by atoms with Crippen LogP contribution in [-0.2, 0) is 0 Å². The van der Waals surface area contributed by atoms with Gasteiger partial charge in [-0.15, -0.1) is 0 Å². The zero-order valence-corrected chi connectivity index (χ0v) is 14.4. The lowest BCUT2D eigenvalue weighted by Gasteiger charge is -2.11. The van der Waals surface area contributed by atoms with Gasteiger partial charge in [-0.1, -0.05) is 18.2 Å². The number of carbonyl (C=O) groups is 1. The van der Waals surface area contributed by atoms with E-state index in [1.54, 1.807) is 18.0 Å². The quantitative estimate of drug-likeness (QED) is 0.641. The van der Waals surface area contributed by atoms with Crippen LogP contribution in [0, 0.1) is 0 Å². The third kappa shape index (κ3) is 4.54. The van der Waals surface area contributed by atoms with Crippen LogP contribution in [0.1, 0.15) is 0 Å². The molecule has 0 fully saturated rings. The largest absolute Gasteiger partial charge is 0.493 e. The first kappa shape index (κ1) is 17.3. The second kappa shape index (κ2) is 8.57. The number of nitrogens with zero attached hydrogens (tertiary/aromatic N) is 2. The van der Waals surface area contributed by atoms with E-state index < -0.39 is 0 Å². The van der Waals surface area contributed by atoms with Gasteiger partial charge in [0.1, 0.15) is 6.61 Å². The SMILES string of the molecule is COc1ccccc1OCCNC(=O)Nc1cccc(-n2cccn2)c1. The van der Waals surface area contributed by atoms with Crippen LogP contribution < -0.4 is 20.1 Å². The Morgan fingerprint density at radius 3 is 2.73 bits per heavy atom. The topological polar surface area (TPSA) is 77.4 Å². The van der Waals surface area contributed by atoms with Crippen molar-refractivity contribution < 1.29 is 14.3 Å². The number of anilines is 1. The van der Waals surface area contributed by atoms with E-state index in [0.29, 0.717) is 30.3 Å². The average Bonchev–Trinajstić information content (AvgIpc) is 3.20. The molecule has 26 heavy (non-hydrogen) atoms. The number of amides is 2. The molecule has 2 aromatic carbocycles. The molecule has 7 nitrogen and oxygen atoms in total. The normalized spacial score (nSPS) is 10.2. The van der Waals surface area contributed by atoms with Gasteiger partial charge in [-0.25, -0.2) is 9.48 Å². The van der Waals surface area contributed by atoms with E-state index in [2.05, 4.69) is 15.7 Å². The molecule has 0 spiro atoms. The highest BCUT2D eigenvalue weighted by Crippen LogP contribution is 2.25. The summed E-state index contributed by atoms with van der Waals surface area (Å²) in [6.45, 7) is 0.698. The summed E-state index contributed by atoms with van der Waals surface area (Å²) in [6.07, 6.45) is 3.54. The summed E-state index contributed by atoms with van der Waals surface area (Å²) < 4.78 is 12.6. The van der Waals surface area contributed by atoms with Gasteiger partial charge in [0.2, 0.25) is 0 Å². The Morgan fingerprint density at radius 2 is 1.96 bits per heavy atom. The first-order valence-electron chi connectivity index (χ1n) is 8.17. The lowest BCUT2D eigenvalue weighted by Crippen LogP contribution is -2.32. The van der Waals surface area contributed by atoms with Gasteiger partial charge < -0.3 is 20.1 Å². The molecule has 0 atom stereocenters. The van der Waals surface area contributed by atoms with Gasteiger partial charge in [-0.2, -0.15) is 5.10 Å². The van der Waals surface area contributed by atoms with E-state index in [1.807, 2.05) is 60.8 Å².